The minimum atomic E-state index is -0.241. The summed E-state index contributed by atoms with van der Waals surface area (Å²) in [5, 5.41) is 3.22. The Morgan fingerprint density at radius 3 is 2.07 bits per heavy atom. The van der Waals surface area contributed by atoms with Gasteiger partial charge in [-0.3, -0.25) is 4.79 Å². The van der Waals surface area contributed by atoms with Gasteiger partial charge < -0.3 is 0 Å². The van der Waals surface area contributed by atoms with E-state index in [1.54, 1.807) is 0 Å². The van der Waals surface area contributed by atoms with Crippen LogP contribution in [-0.4, -0.2) is 5.24 Å². The number of hydrogen-bond acceptors (Lipinski definition) is 1. The van der Waals surface area contributed by atoms with Crippen molar-refractivity contribution >= 4 is 28.4 Å². The summed E-state index contributed by atoms with van der Waals surface area (Å²) in [5.41, 5.74) is 0. The van der Waals surface area contributed by atoms with E-state index in [2.05, 4.69) is 6.07 Å². The van der Waals surface area contributed by atoms with Gasteiger partial charge in [0.05, 0.1) is 0 Å². The Morgan fingerprint density at radius 1 is 1.43 bits per heavy atom. The topological polar surface area (TPSA) is 17.1 Å². The molecular formula is C11H12Cl2O. The monoisotopic (exact) mass is 230 g/mol. The van der Waals surface area contributed by atoms with Gasteiger partial charge in [-0.15, -0.1) is 0 Å². The predicted molar refractivity (Wildman–Crippen MR) is 59.4 cm³/mol. The third kappa shape index (κ3) is 3.00. The molecule has 1 nitrogen and oxygen atoms in total. The molecule has 0 N–H and O–H groups in total. The summed E-state index contributed by atoms with van der Waals surface area (Å²) in [6.07, 6.45) is 0.488. The van der Waals surface area contributed by atoms with Crippen molar-refractivity contribution in [1.82, 2.24) is 0 Å². The van der Waals surface area contributed by atoms with E-state index >= 15 is 0 Å². The van der Waals surface area contributed by atoms with Crippen molar-refractivity contribution in [3.8, 4) is 0 Å². The van der Waals surface area contributed by atoms with Crippen LogP contribution >= 0.6 is 23.2 Å². The summed E-state index contributed by atoms with van der Waals surface area (Å²) in [6.45, 7) is 3.92. The molecule has 2 aliphatic rings. The van der Waals surface area contributed by atoms with Crippen LogP contribution in [0.4, 0.5) is 0 Å². The highest BCUT2D eigenvalue weighted by Gasteiger charge is 2.00. The Hall–Kier alpha value is -0.530. The Bertz CT molecular complexity index is 423. The van der Waals surface area contributed by atoms with Gasteiger partial charge in [0.25, 0.3) is 0 Å². The van der Waals surface area contributed by atoms with E-state index in [1.807, 2.05) is 26.0 Å². The second kappa shape index (κ2) is 4.81. The first-order valence-corrected chi connectivity index (χ1v) is 5.24. The normalized spacial score (nSPS) is 10.6. The number of rotatable bonds is 2. The molecule has 0 radical (unpaired) electrons. The smallest absolute Gasteiger partial charge is 0.221 e. The van der Waals surface area contributed by atoms with Crippen molar-refractivity contribution in [2.75, 3.05) is 0 Å². The van der Waals surface area contributed by atoms with Gasteiger partial charge in [-0.1, -0.05) is 37.6 Å². The van der Waals surface area contributed by atoms with Gasteiger partial charge >= 0.3 is 0 Å². The molecule has 0 aromatic rings. The maximum absolute atomic E-state index is 10.0. The van der Waals surface area contributed by atoms with E-state index in [0.29, 0.717) is 12.3 Å². The van der Waals surface area contributed by atoms with Gasteiger partial charge in [-0.25, -0.2) is 0 Å². The van der Waals surface area contributed by atoms with E-state index in [4.69, 9.17) is 23.2 Å². The molecule has 2 rings (SSSR count). The molecule has 0 aliphatic heterocycles. The summed E-state index contributed by atoms with van der Waals surface area (Å²) in [5.74, 6) is 0.394. The third-order valence-electron chi connectivity index (χ3n) is 1.85. The number of carbonyl (C=O) groups excluding carboxylic acids is 1. The molecule has 14 heavy (non-hydrogen) atoms. The van der Waals surface area contributed by atoms with E-state index in [9.17, 15) is 4.79 Å². The second-order valence-electron chi connectivity index (χ2n) is 3.65. The van der Waals surface area contributed by atoms with Crippen molar-refractivity contribution < 1.29 is 4.79 Å². The first-order chi connectivity index (χ1) is 6.50. The molecule has 76 valence electrons. The largest absolute Gasteiger partial charge is 0.281 e. The van der Waals surface area contributed by atoms with Crippen LogP contribution in [0.15, 0.2) is 18.2 Å². The van der Waals surface area contributed by atoms with Crippen molar-refractivity contribution in [1.29, 1.82) is 0 Å². The van der Waals surface area contributed by atoms with Crippen molar-refractivity contribution in [3.05, 3.63) is 33.7 Å². The first kappa shape index (κ1) is 11.5. The fraction of sp³-hybridized carbons (Fsp3) is 0.364. The molecule has 0 aromatic carbocycles. The summed E-state index contributed by atoms with van der Waals surface area (Å²) < 4.78 is 0. The van der Waals surface area contributed by atoms with Crippen LogP contribution in [0.25, 0.3) is 0 Å². The molecule has 0 amide bonds. The number of halogens is 2. The molecule has 0 unspecified atom stereocenters. The zero-order valence-electron chi connectivity index (χ0n) is 8.18. The van der Waals surface area contributed by atoms with Crippen LogP contribution in [0.5, 0.6) is 0 Å². The molecule has 0 heterocycles. The Labute approximate surface area is 93.3 Å². The highest BCUT2D eigenvalue weighted by atomic mass is 35.5. The average molecular weight is 231 g/mol. The SMILES string of the molecule is CC(C)CC(=O)Cl.Clc1cc2ccc1=2. The van der Waals surface area contributed by atoms with Gasteiger partial charge in [-0.2, -0.15) is 0 Å². The summed E-state index contributed by atoms with van der Waals surface area (Å²) >= 11 is 10.6. The molecule has 0 saturated carbocycles. The number of hydrogen-bond donors (Lipinski definition) is 0. The van der Waals surface area contributed by atoms with E-state index in [1.165, 1.54) is 10.4 Å². The molecule has 0 fully saturated rings. The fourth-order valence-corrected chi connectivity index (χ4v) is 1.66. The van der Waals surface area contributed by atoms with E-state index in [-0.39, 0.29) is 5.24 Å². The Balaban J connectivity index is 0.000000140. The lowest BCUT2D eigenvalue weighted by atomic mass is 10.1. The van der Waals surface area contributed by atoms with Gasteiger partial charge in [0, 0.05) is 16.7 Å². The quantitative estimate of drug-likeness (QED) is 0.719. The average Bonchev–Trinajstić information content (AvgIpc) is 1.98. The fourth-order valence-electron chi connectivity index (χ4n) is 1.06. The lowest BCUT2D eigenvalue weighted by Crippen LogP contribution is -1.92. The number of benzene rings is 1. The highest BCUT2D eigenvalue weighted by molar-refractivity contribution is 6.63. The Morgan fingerprint density at radius 2 is 2.07 bits per heavy atom. The molecule has 2 aliphatic carbocycles. The summed E-state index contributed by atoms with van der Waals surface area (Å²) in [4.78, 5) is 10.0. The second-order valence-corrected chi connectivity index (χ2v) is 4.48. The minimum Gasteiger partial charge on any atom is -0.281 e. The molecule has 0 aromatic heterocycles. The van der Waals surface area contributed by atoms with Crippen LogP contribution in [0.2, 0.25) is 5.02 Å². The third-order valence-corrected chi connectivity index (χ3v) is 2.32. The standard InChI is InChI=1S/C6H3Cl.C5H9ClO/c7-6-3-4-1-2-5(4)6;1-4(2)3-5(6)7/h1-3H;4H,3H2,1-2H3. The zero-order chi connectivity index (χ0) is 10.7. The van der Waals surface area contributed by atoms with Crippen LogP contribution in [0, 0.1) is 16.4 Å². The summed E-state index contributed by atoms with van der Waals surface area (Å²) in [7, 11) is 0. The van der Waals surface area contributed by atoms with Crippen LogP contribution in [0.1, 0.15) is 20.3 Å². The first-order valence-electron chi connectivity index (χ1n) is 4.49. The molecule has 0 bridgehead atoms. The van der Waals surface area contributed by atoms with Crippen LogP contribution in [0.3, 0.4) is 0 Å². The van der Waals surface area contributed by atoms with Crippen molar-refractivity contribution in [3.63, 3.8) is 0 Å². The van der Waals surface area contributed by atoms with E-state index in [0.717, 1.165) is 5.02 Å². The molecular weight excluding hydrogens is 219 g/mol. The van der Waals surface area contributed by atoms with Crippen LogP contribution < -0.4 is 0 Å². The van der Waals surface area contributed by atoms with Gasteiger partial charge in [0.2, 0.25) is 5.24 Å². The van der Waals surface area contributed by atoms with E-state index < -0.39 is 0 Å². The Kier molecular flexibility index (Phi) is 3.97. The van der Waals surface area contributed by atoms with Crippen molar-refractivity contribution in [2.24, 2.45) is 5.92 Å². The zero-order valence-corrected chi connectivity index (χ0v) is 9.69. The van der Waals surface area contributed by atoms with Gasteiger partial charge in [-0.05, 0) is 28.8 Å². The predicted octanol–water partition coefficient (Wildman–Crippen LogP) is 3.74. The molecule has 0 atom stereocenters. The summed E-state index contributed by atoms with van der Waals surface area (Å²) in [6, 6.07) is 6.05. The number of carbonyl (C=O) groups is 1. The molecule has 0 saturated heterocycles. The maximum Gasteiger partial charge on any atom is 0.221 e. The van der Waals surface area contributed by atoms with Crippen LogP contribution in [-0.2, 0) is 4.79 Å². The maximum atomic E-state index is 10.0. The minimum absolute atomic E-state index is 0.241. The highest BCUT2D eigenvalue weighted by Crippen LogP contribution is 2.20. The molecule has 3 heteroatoms. The van der Waals surface area contributed by atoms with Gasteiger partial charge in [0.1, 0.15) is 0 Å². The lowest BCUT2D eigenvalue weighted by molar-refractivity contribution is -0.112. The van der Waals surface area contributed by atoms with Crippen molar-refractivity contribution in [2.45, 2.75) is 20.3 Å². The molecule has 0 spiro atoms. The van der Waals surface area contributed by atoms with Gasteiger partial charge in [0.15, 0.2) is 0 Å². The lowest BCUT2D eigenvalue weighted by Gasteiger charge is -2.01.